The fourth-order valence-corrected chi connectivity index (χ4v) is 2.48. The molecule has 1 saturated heterocycles. The summed E-state index contributed by atoms with van der Waals surface area (Å²) in [6, 6.07) is 7.21. The number of rotatable bonds is 6. The molecule has 3 atom stereocenters. The minimum absolute atomic E-state index is 0.0296. The first-order valence-electron chi connectivity index (χ1n) is 7.34. The first-order valence-corrected chi connectivity index (χ1v) is 7.34. The maximum Gasteiger partial charge on any atom is 0.221 e. The van der Waals surface area contributed by atoms with Crippen molar-refractivity contribution in [3.05, 3.63) is 24.3 Å². The van der Waals surface area contributed by atoms with Crippen molar-refractivity contribution in [3.63, 3.8) is 0 Å². The van der Waals surface area contributed by atoms with Crippen LogP contribution in [-0.4, -0.2) is 45.2 Å². The van der Waals surface area contributed by atoms with Crippen LogP contribution in [0.1, 0.15) is 19.8 Å². The Bertz CT molecular complexity index is 476. The molecule has 6 heteroatoms. The maximum absolute atomic E-state index is 11.0. The Hall–Kier alpha value is -1.63. The predicted octanol–water partition coefficient (Wildman–Crippen LogP) is 2.19. The SMILES string of the molecule is COCC1OC(Oc2ccc(NC(C)=O)cc2)CCC1OC. The molecule has 1 heterocycles. The Balaban J connectivity index is 1.91. The Morgan fingerprint density at radius 3 is 2.59 bits per heavy atom. The average Bonchev–Trinajstić information content (AvgIpc) is 2.49. The molecule has 0 radical (unpaired) electrons. The third-order valence-corrected chi connectivity index (χ3v) is 3.50. The lowest BCUT2D eigenvalue weighted by molar-refractivity contribution is -0.204. The average molecular weight is 309 g/mol. The van der Waals surface area contributed by atoms with E-state index in [0.29, 0.717) is 12.4 Å². The van der Waals surface area contributed by atoms with Gasteiger partial charge < -0.3 is 24.3 Å². The number of methoxy groups -OCH3 is 2. The lowest BCUT2D eigenvalue weighted by Crippen LogP contribution is -2.44. The van der Waals surface area contributed by atoms with Crippen LogP contribution in [0, 0.1) is 0 Å². The summed E-state index contributed by atoms with van der Waals surface area (Å²) in [5.74, 6) is 0.600. The van der Waals surface area contributed by atoms with Crippen LogP contribution in [0.15, 0.2) is 24.3 Å². The molecule has 1 fully saturated rings. The maximum atomic E-state index is 11.0. The highest BCUT2D eigenvalue weighted by Gasteiger charge is 2.32. The lowest BCUT2D eigenvalue weighted by Gasteiger charge is -2.35. The van der Waals surface area contributed by atoms with Crippen LogP contribution < -0.4 is 10.1 Å². The molecule has 1 aliphatic heterocycles. The Morgan fingerprint density at radius 1 is 1.27 bits per heavy atom. The first kappa shape index (κ1) is 16.7. The van der Waals surface area contributed by atoms with Gasteiger partial charge in [0.15, 0.2) is 6.29 Å². The summed E-state index contributed by atoms with van der Waals surface area (Å²) in [5.41, 5.74) is 0.737. The van der Waals surface area contributed by atoms with E-state index in [-0.39, 0.29) is 24.4 Å². The van der Waals surface area contributed by atoms with Crippen LogP contribution >= 0.6 is 0 Å². The van der Waals surface area contributed by atoms with Crippen LogP contribution in [0.5, 0.6) is 5.75 Å². The van der Waals surface area contributed by atoms with E-state index in [1.165, 1.54) is 6.92 Å². The zero-order valence-corrected chi connectivity index (χ0v) is 13.2. The van der Waals surface area contributed by atoms with E-state index >= 15 is 0 Å². The second kappa shape index (κ2) is 8.12. The molecule has 1 aromatic rings. The number of hydrogen-bond donors (Lipinski definition) is 1. The smallest absolute Gasteiger partial charge is 0.221 e. The van der Waals surface area contributed by atoms with E-state index in [1.54, 1.807) is 26.4 Å². The molecule has 0 spiro atoms. The summed E-state index contributed by atoms with van der Waals surface area (Å²) in [7, 11) is 3.32. The van der Waals surface area contributed by atoms with E-state index in [4.69, 9.17) is 18.9 Å². The molecule has 3 unspecified atom stereocenters. The second-order valence-electron chi connectivity index (χ2n) is 5.23. The number of ether oxygens (including phenoxy) is 4. The van der Waals surface area contributed by atoms with Crippen molar-refractivity contribution in [2.24, 2.45) is 0 Å². The van der Waals surface area contributed by atoms with Gasteiger partial charge >= 0.3 is 0 Å². The van der Waals surface area contributed by atoms with Gasteiger partial charge in [0.05, 0.1) is 12.7 Å². The van der Waals surface area contributed by atoms with Crippen LogP contribution in [0.25, 0.3) is 0 Å². The Kier molecular flexibility index (Phi) is 6.18. The van der Waals surface area contributed by atoms with Gasteiger partial charge in [-0.3, -0.25) is 4.79 Å². The predicted molar refractivity (Wildman–Crippen MR) is 81.9 cm³/mol. The summed E-state index contributed by atoms with van der Waals surface area (Å²) in [6.07, 6.45) is 1.19. The minimum atomic E-state index is -0.321. The van der Waals surface area contributed by atoms with Gasteiger partial charge in [0, 0.05) is 33.3 Å². The third kappa shape index (κ3) is 4.69. The van der Waals surface area contributed by atoms with E-state index in [9.17, 15) is 4.79 Å². The van der Waals surface area contributed by atoms with Crippen molar-refractivity contribution >= 4 is 11.6 Å². The molecule has 1 N–H and O–H groups in total. The molecule has 1 amide bonds. The van der Waals surface area contributed by atoms with Gasteiger partial charge in [-0.25, -0.2) is 0 Å². The molecule has 0 saturated carbocycles. The lowest BCUT2D eigenvalue weighted by atomic mass is 10.1. The summed E-state index contributed by atoms with van der Waals surface area (Å²) in [4.78, 5) is 11.0. The number of hydrogen-bond acceptors (Lipinski definition) is 5. The van der Waals surface area contributed by atoms with Crippen LogP contribution in [0.4, 0.5) is 5.69 Å². The Morgan fingerprint density at radius 2 is 2.00 bits per heavy atom. The molecule has 1 aliphatic rings. The molecular weight excluding hydrogens is 286 g/mol. The van der Waals surface area contributed by atoms with E-state index in [1.807, 2.05) is 12.1 Å². The van der Waals surface area contributed by atoms with E-state index in [2.05, 4.69) is 5.32 Å². The van der Waals surface area contributed by atoms with Crippen molar-refractivity contribution in [2.45, 2.75) is 38.3 Å². The van der Waals surface area contributed by atoms with Crippen molar-refractivity contribution < 1.29 is 23.7 Å². The van der Waals surface area contributed by atoms with E-state index < -0.39 is 0 Å². The standard InChI is InChI=1S/C16H23NO5/c1-11(18)17-12-4-6-13(7-5-12)21-16-9-8-14(20-3)15(22-16)10-19-2/h4-7,14-16H,8-10H2,1-3H3,(H,17,18). The van der Waals surface area contributed by atoms with Crippen molar-refractivity contribution in [1.29, 1.82) is 0 Å². The second-order valence-corrected chi connectivity index (χ2v) is 5.23. The molecule has 0 aromatic heterocycles. The minimum Gasteiger partial charge on any atom is -0.465 e. The third-order valence-electron chi connectivity index (χ3n) is 3.50. The topological polar surface area (TPSA) is 66.0 Å². The molecule has 0 aliphatic carbocycles. The molecule has 122 valence electrons. The summed E-state index contributed by atoms with van der Waals surface area (Å²) < 4.78 is 22.3. The summed E-state index contributed by atoms with van der Waals surface area (Å²) in [5, 5.41) is 2.71. The number of carbonyl (C=O) groups is 1. The fraction of sp³-hybridized carbons (Fsp3) is 0.562. The number of carbonyl (C=O) groups excluding carboxylic acids is 1. The van der Waals surface area contributed by atoms with Crippen molar-refractivity contribution in [1.82, 2.24) is 0 Å². The largest absolute Gasteiger partial charge is 0.465 e. The van der Waals surface area contributed by atoms with Gasteiger partial charge in [0.2, 0.25) is 5.91 Å². The fourth-order valence-electron chi connectivity index (χ4n) is 2.48. The van der Waals surface area contributed by atoms with Gasteiger partial charge in [-0.2, -0.15) is 0 Å². The van der Waals surface area contributed by atoms with Crippen LogP contribution in [0.3, 0.4) is 0 Å². The highest BCUT2D eigenvalue weighted by atomic mass is 16.7. The van der Waals surface area contributed by atoms with Gasteiger partial charge in [-0.1, -0.05) is 0 Å². The highest BCUT2D eigenvalue weighted by Crippen LogP contribution is 2.25. The van der Waals surface area contributed by atoms with Crippen molar-refractivity contribution in [3.8, 4) is 5.75 Å². The summed E-state index contributed by atoms with van der Waals surface area (Å²) in [6.45, 7) is 1.95. The van der Waals surface area contributed by atoms with Crippen molar-refractivity contribution in [2.75, 3.05) is 26.1 Å². The quantitative estimate of drug-likeness (QED) is 0.872. The van der Waals surface area contributed by atoms with Crippen LogP contribution in [0.2, 0.25) is 0 Å². The van der Waals surface area contributed by atoms with Gasteiger partial charge in [-0.15, -0.1) is 0 Å². The zero-order chi connectivity index (χ0) is 15.9. The molecule has 1 aromatic carbocycles. The normalized spacial score (nSPS) is 24.8. The first-order chi connectivity index (χ1) is 10.6. The molecule has 2 rings (SSSR count). The number of benzene rings is 1. The van der Waals surface area contributed by atoms with Gasteiger partial charge in [-0.05, 0) is 30.7 Å². The monoisotopic (exact) mass is 309 g/mol. The molecule has 22 heavy (non-hydrogen) atoms. The number of anilines is 1. The zero-order valence-electron chi connectivity index (χ0n) is 13.2. The van der Waals surface area contributed by atoms with Gasteiger partial charge in [0.1, 0.15) is 11.9 Å². The Labute approximate surface area is 130 Å². The molecule has 0 bridgehead atoms. The van der Waals surface area contributed by atoms with E-state index in [0.717, 1.165) is 18.5 Å². The molecular formula is C16H23NO5. The summed E-state index contributed by atoms with van der Waals surface area (Å²) >= 11 is 0. The van der Waals surface area contributed by atoms with Gasteiger partial charge in [0.25, 0.3) is 0 Å². The van der Waals surface area contributed by atoms with Crippen LogP contribution in [-0.2, 0) is 19.0 Å². The molecule has 6 nitrogen and oxygen atoms in total. The highest BCUT2D eigenvalue weighted by molar-refractivity contribution is 5.88. The number of amides is 1. The number of nitrogens with one attached hydrogen (secondary N) is 1.